The monoisotopic (exact) mass is 436 g/mol. The number of carbonyl (C=O) groups excluding carboxylic acids is 1. The van der Waals surface area contributed by atoms with E-state index in [1.165, 1.54) is 0 Å². The fourth-order valence-electron chi connectivity index (χ4n) is 2.08. The number of anilines is 1. The molecule has 0 fully saturated rings. The van der Waals surface area contributed by atoms with E-state index in [-0.39, 0.29) is 5.00 Å². The van der Waals surface area contributed by atoms with E-state index in [0.29, 0.717) is 17.4 Å². The van der Waals surface area contributed by atoms with Crippen LogP contribution in [0.4, 0.5) is 13.8 Å². The fourth-order valence-corrected chi connectivity index (χ4v) is 4.30. The maximum absolute atomic E-state index is 14.2. The zero-order valence-corrected chi connectivity index (χ0v) is 15.5. The summed E-state index contributed by atoms with van der Waals surface area (Å²) >= 11 is 0.693. The number of hydrogen-bond acceptors (Lipinski definition) is 7. The minimum atomic E-state index is -4.40. The van der Waals surface area contributed by atoms with E-state index >= 15 is 0 Å². The lowest BCUT2D eigenvalue weighted by Gasteiger charge is -2.21. The summed E-state index contributed by atoms with van der Waals surface area (Å²) in [4.78, 5) is 26.1. The number of nitrogens with zero attached hydrogens (tertiary/aromatic N) is 1. The van der Waals surface area contributed by atoms with Crippen molar-refractivity contribution in [2.24, 2.45) is 5.73 Å². The van der Waals surface area contributed by atoms with Gasteiger partial charge in [0.05, 0.1) is 12.1 Å². The first-order valence-electron chi connectivity index (χ1n) is 7.33. The highest BCUT2D eigenvalue weighted by Crippen LogP contribution is 2.31. The summed E-state index contributed by atoms with van der Waals surface area (Å²) in [6, 6.07) is 0. The highest BCUT2D eigenvalue weighted by Gasteiger charge is 2.33. The molecular formula is C13H14F2N6O5S2. The SMILES string of the molecule is N=C(N)NCC(=O)NC1=C(F)CC(S(=O)(=O)Nc2scnc2C(=O)O)C=C1F. The minimum Gasteiger partial charge on any atom is -0.476 e. The smallest absolute Gasteiger partial charge is 0.357 e. The van der Waals surface area contributed by atoms with Gasteiger partial charge in [-0.1, -0.05) is 0 Å². The zero-order chi connectivity index (χ0) is 21.1. The highest BCUT2D eigenvalue weighted by molar-refractivity contribution is 7.93. The van der Waals surface area contributed by atoms with Crippen molar-refractivity contribution < 1.29 is 31.9 Å². The molecule has 1 aliphatic carbocycles. The van der Waals surface area contributed by atoms with Gasteiger partial charge in [-0.15, -0.1) is 11.3 Å². The van der Waals surface area contributed by atoms with Crippen LogP contribution >= 0.6 is 11.3 Å². The summed E-state index contributed by atoms with van der Waals surface area (Å²) in [7, 11) is -4.40. The van der Waals surface area contributed by atoms with Crippen LogP contribution in [0.1, 0.15) is 16.9 Å². The van der Waals surface area contributed by atoms with Gasteiger partial charge in [-0.25, -0.2) is 27.0 Å². The molecule has 11 nitrogen and oxygen atoms in total. The number of nitrogens with two attached hydrogens (primary N) is 1. The Hall–Kier alpha value is -3.07. The standard InChI is InChI=1S/C13H14F2N6O5S2/c14-6-1-5(2-7(15)9(6)20-8(22)3-18-13(16)17)28(25,26)21-11-10(12(23)24)19-4-27-11/h1,4-5,21H,2-3H2,(H,20,22)(H,23,24)(H4,16,17,18). The van der Waals surface area contributed by atoms with Crippen LogP contribution in [0.25, 0.3) is 0 Å². The van der Waals surface area contributed by atoms with Crippen LogP contribution in [0, 0.1) is 5.41 Å². The zero-order valence-electron chi connectivity index (χ0n) is 13.8. The van der Waals surface area contributed by atoms with Crippen molar-refractivity contribution in [1.29, 1.82) is 5.41 Å². The number of thiazole rings is 1. The molecule has 0 aromatic carbocycles. The Labute approximate surface area is 160 Å². The number of hydrogen-bond donors (Lipinski definition) is 6. The van der Waals surface area contributed by atoms with Crippen LogP contribution < -0.4 is 21.1 Å². The summed E-state index contributed by atoms with van der Waals surface area (Å²) in [5, 5.41) is 17.9. The Morgan fingerprint density at radius 3 is 2.68 bits per heavy atom. The Bertz CT molecular complexity index is 987. The Morgan fingerprint density at radius 2 is 2.11 bits per heavy atom. The van der Waals surface area contributed by atoms with Crippen LogP contribution in [0.5, 0.6) is 0 Å². The minimum absolute atomic E-state index is 0.305. The molecule has 0 saturated heterocycles. The number of sulfonamides is 1. The number of aromatic carboxylic acids is 1. The van der Waals surface area contributed by atoms with Crippen molar-refractivity contribution in [2.45, 2.75) is 11.7 Å². The van der Waals surface area contributed by atoms with Crippen LogP contribution in [0.15, 0.2) is 28.9 Å². The van der Waals surface area contributed by atoms with E-state index < -0.39 is 69.1 Å². The second-order valence-electron chi connectivity index (χ2n) is 5.33. The number of carbonyl (C=O) groups is 2. The largest absolute Gasteiger partial charge is 0.476 e. The summed E-state index contributed by atoms with van der Waals surface area (Å²) in [5.41, 5.74) is 4.71. The molecule has 1 aliphatic rings. The number of carboxylic acid groups (broad SMARTS) is 1. The van der Waals surface area contributed by atoms with E-state index in [4.69, 9.17) is 16.2 Å². The molecule has 1 atom stereocenters. The Morgan fingerprint density at radius 1 is 1.43 bits per heavy atom. The molecule has 1 amide bonds. The van der Waals surface area contributed by atoms with Gasteiger partial charge in [-0.2, -0.15) is 0 Å². The molecule has 1 aromatic heterocycles. The van der Waals surface area contributed by atoms with Crippen molar-refractivity contribution in [1.82, 2.24) is 15.6 Å². The summed E-state index contributed by atoms with van der Waals surface area (Å²) in [6.45, 7) is -0.522. The van der Waals surface area contributed by atoms with E-state index in [9.17, 15) is 26.8 Å². The van der Waals surface area contributed by atoms with Gasteiger partial charge >= 0.3 is 5.97 Å². The van der Waals surface area contributed by atoms with Gasteiger partial charge in [-0.05, 0) is 6.08 Å². The first-order valence-corrected chi connectivity index (χ1v) is 9.76. The lowest BCUT2D eigenvalue weighted by Crippen LogP contribution is -2.40. The van der Waals surface area contributed by atoms with Gasteiger partial charge in [0.25, 0.3) is 0 Å². The molecule has 0 aliphatic heterocycles. The van der Waals surface area contributed by atoms with Gasteiger partial charge in [0, 0.05) is 6.42 Å². The third kappa shape index (κ3) is 5.01. The number of carboxylic acids is 1. The van der Waals surface area contributed by atoms with Crippen molar-refractivity contribution in [2.75, 3.05) is 11.3 Å². The molecule has 152 valence electrons. The van der Waals surface area contributed by atoms with Crippen LogP contribution in [-0.4, -0.2) is 48.1 Å². The maximum atomic E-state index is 14.2. The molecule has 15 heteroatoms. The molecule has 0 spiro atoms. The fraction of sp³-hybridized carbons (Fsp3) is 0.231. The normalized spacial score (nSPS) is 16.9. The van der Waals surface area contributed by atoms with Crippen LogP contribution in [-0.2, 0) is 14.8 Å². The van der Waals surface area contributed by atoms with Gasteiger partial charge < -0.3 is 21.5 Å². The van der Waals surface area contributed by atoms with E-state index in [1.807, 2.05) is 10.0 Å². The van der Waals surface area contributed by atoms with Gasteiger partial charge in [0.2, 0.25) is 15.9 Å². The van der Waals surface area contributed by atoms with Crippen LogP contribution in [0.2, 0.25) is 0 Å². The number of nitrogens with one attached hydrogen (secondary N) is 4. The molecule has 0 radical (unpaired) electrons. The van der Waals surface area contributed by atoms with Crippen molar-refractivity contribution in [3.8, 4) is 0 Å². The molecular weight excluding hydrogens is 422 g/mol. The Kier molecular flexibility index (Phi) is 6.30. The maximum Gasteiger partial charge on any atom is 0.357 e. The van der Waals surface area contributed by atoms with Gasteiger partial charge in [0.15, 0.2) is 11.7 Å². The summed E-state index contributed by atoms with van der Waals surface area (Å²) in [5.74, 6) is -5.45. The van der Waals surface area contributed by atoms with Gasteiger partial charge in [0.1, 0.15) is 27.6 Å². The quantitative estimate of drug-likeness (QED) is 0.254. The van der Waals surface area contributed by atoms with E-state index in [0.717, 1.165) is 5.51 Å². The number of rotatable bonds is 7. The molecule has 28 heavy (non-hydrogen) atoms. The molecule has 2 rings (SSSR count). The number of amides is 1. The number of halogens is 2. The molecule has 1 heterocycles. The topological polar surface area (TPSA) is 187 Å². The first-order chi connectivity index (χ1) is 13.0. The molecule has 1 aromatic rings. The summed E-state index contributed by atoms with van der Waals surface area (Å²) < 4.78 is 55.1. The average molecular weight is 436 g/mol. The first kappa shape index (κ1) is 21.2. The third-order valence-electron chi connectivity index (χ3n) is 3.33. The molecule has 0 saturated carbocycles. The van der Waals surface area contributed by atoms with Crippen LogP contribution in [0.3, 0.4) is 0 Å². The Balaban J connectivity index is 2.14. The number of guanidine groups is 1. The van der Waals surface area contributed by atoms with Crippen molar-refractivity contribution in [3.63, 3.8) is 0 Å². The van der Waals surface area contributed by atoms with Crippen molar-refractivity contribution in [3.05, 3.63) is 34.6 Å². The highest BCUT2D eigenvalue weighted by atomic mass is 32.2. The number of aromatic nitrogens is 1. The summed E-state index contributed by atoms with van der Waals surface area (Å²) in [6.07, 6.45) is -0.208. The second-order valence-corrected chi connectivity index (χ2v) is 8.09. The predicted octanol–water partition coefficient (Wildman–Crippen LogP) is -0.0109. The molecule has 0 bridgehead atoms. The van der Waals surface area contributed by atoms with Gasteiger partial charge in [-0.3, -0.25) is 14.9 Å². The van der Waals surface area contributed by atoms with E-state index in [2.05, 4.69) is 10.3 Å². The number of allylic oxidation sites excluding steroid dienone is 2. The molecule has 1 unspecified atom stereocenters. The third-order valence-corrected chi connectivity index (χ3v) is 5.79. The molecule has 7 N–H and O–H groups in total. The average Bonchev–Trinajstić information content (AvgIpc) is 3.03. The lowest BCUT2D eigenvalue weighted by molar-refractivity contribution is -0.119. The van der Waals surface area contributed by atoms with Crippen molar-refractivity contribution >= 4 is 44.2 Å². The predicted molar refractivity (Wildman–Crippen MR) is 95.4 cm³/mol. The van der Waals surface area contributed by atoms with E-state index in [1.54, 1.807) is 0 Å². The second kappa shape index (κ2) is 8.30. The lowest BCUT2D eigenvalue weighted by atomic mass is 10.1.